The lowest BCUT2D eigenvalue weighted by Crippen LogP contribution is -2.70. The molecule has 0 spiro atoms. The zero-order valence-corrected chi connectivity index (χ0v) is 29.8. The Hall–Kier alpha value is -3.90. The molecule has 3 rings (SSSR count). The SMILES string of the molecule is NCCC[C@H](N)CC(=O)NCCC[C@H](N)CC(=O)NCCC[C@H](N)CC(=O)N[C@H]1[C@H](O)[C@@H](OC(N)=O)[C@H](CO)O[C@@H]1NC1=N[C@@H]2C(=O)NC[C@@H](O)[C@H]2N1. The number of amides is 5. The van der Waals surface area contributed by atoms with E-state index in [1.165, 1.54) is 0 Å². The summed E-state index contributed by atoms with van der Waals surface area (Å²) in [6.07, 6.45) is -4.27. The molecule has 11 atom stereocenters. The molecule has 3 aliphatic rings. The Morgan fingerprint density at radius 3 is 2.02 bits per heavy atom. The van der Waals surface area contributed by atoms with E-state index in [4.69, 9.17) is 38.1 Å². The van der Waals surface area contributed by atoms with Crippen molar-refractivity contribution in [2.24, 2.45) is 33.7 Å². The van der Waals surface area contributed by atoms with Crippen LogP contribution in [-0.4, -0.2) is 151 Å². The number of aliphatic hydroxyl groups excluding tert-OH is 3. The van der Waals surface area contributed by atoms with Crippen LogP contribution in [-0.2, 0) is 28.7 Å². The zero-order chi connectivity index (χ0) is 39.1. The van der Waals surface area contributed by atoms with Crippen LogP contribution in [0.5, 0.6) is 0 Å². The highest BCUT2D eigenvalue weighted by Crippen LogP contribution is 2.24. The smallest absolute Gasteiger partial charge is 0.404 e. The Labute approximate surface area is 307 Å². The molecule has 53 heavy (non-hydrogen) atoms. The lowest BCUT2D eigenvalue weighted by Gasteiger charge is -2.44. The van der Waals surface area contributed by atoms with E-state index in [0.29, 0.717) is 51.7 Å². The molecule has 0 bridgehead atoms. The molecule has 3 aliphatic heterocycles. The van der Waals surface area contributed by atoms with Crippen molar-refractivity contribution in [3.63, 3.8) is 0 Å². The van der Waals surface area contributed by atoms with Crippen molar-refractivity contribution in [3.05, 3.63) is 0 Å². The molecule has 3 heterocycles. The van der Waals surface area contributed by atoms with Crippen LogP contribution in [0.4, 0.5) is 4.79 Å². The topological polar surface area (TPSA) is 379 Å². The van der Waals surface area contributed by atoms with Crippen molar-refractivity contribution >= 4 is 35.7 Å². The predicted octanol–water partition coefficient (Wildman–Crippen LogP) is -6.53. The number of ether oxygens (including phenoxy) is 2. The van der Waals surface area contributed by atoms with Gasteiger partial charge in [0.25, 0.3) is 0 Å². The van der Waals surface area contributed by atoms with E-state index in [1.54, 1.807) is 0 Å². The maximum atomic E-state index is 13.1. The molecule has 0 saturated carbocycles. The van der Waals surface area contributed by atoms with Gasteiger partial charge in [-0.25, -0.2) is 9.79 Å². The fraction of sp³-hybridized carbons (Fsp3) is 0.806. The second kappa shape index (κ2) is 21.7. The molecule has 22 heteroatoms. The number of hydrogen-bond acceptors (Lipinski definition) is 17. The van der Waals surface area contributed by atoms with E-state index < -0.39 is 85.4 Å². The van der Waals surface area contributed by atoms with E-state index in [-0.39, 0.29) is 49.6 Å². The first-order valence-corrected chi connectivity index (χ1v) is 18.0. The number of nitrogens with one attached hydrogen (secondary N) is 6. The van der Waals surface area contributed by atoms with Crippen LogP contribution in [0.1, 0.15) is 57.8 Å². The number of aliphatic hydroxyl groups is 3. The fourth-order valence-corrected chi connectivity index (χ4v) is 6.31. The predicted molar refractivity (Wildman–Crippen MR) is 189 cm³/mol. The molecule has 0 aromatic carbocycles. The summed E-state index contributed by atoms with van der Waals surface area (Å²) in [5.41, 5.74) is 28.8. The van der Waals surface area contributed by atoms with Crippen LogP contribution in [0.2, 0.25) is 0 Å². The van der Waals surface area contributed by atoms with Gasteiger partial charge in [0.2, 0.25) is 23.6 Å². The highest BCUT2D eigenvalue weighted by atomic mass is 16.6. The van der Waals surface area contributed by atoms with Gasteiger partial charge in [0.15, 0.2) is 24.3 Å². The number of carbonyl (C=O) groups excluding carboxylic acids is 5. The van der Waals surface area contributed by atoms with Gasteiger partial charge in [-0.1, -0.05) is 0 Å². The Kier molecular flexibility index (Phi) is 17.8. The molecule has 302 valence electrons. The van der Waals surface area contributed by atoms with Crippen molar-refractivity contribution in [2.75, 3.05) is 32.8 Å². The van der Waals surface area contributed by atoms with Crippen LogP contribution in [0.25, 0.3) is 0 Å². The summed E-state index contributed by atoms with van der Waals surface area (Å²) in [5.74, 6) is -1.36. The van der Waals surface area contributed by atoms with Gasteiger partial charge >= 0.3 is 6.09 Å². The van der Waals surface area contributed by atoms with Gasteiger partial charge in [0, 0.05) is 57.0 Å². The van der Waals surface area contributed by atoms with Crippen molar-refractivity contribution in [3.8, 4) is 0 Å². The zero-order valence-electron chi connectivity index (χ0n) is 29.8. The molecular weight excluding hydrogens is 700 g/mol. The number of piperidine rings is 1. The minimum atomic E-state index is -1.62. The molecule has 0 unspecified atom stereocenters. The summed E-state index contributed by atoms with van der Waals surface area (Å²) >= 11 is 0. The van der Waals surface area contributed by atoms with Gasteiger partial charge in [0.05, 0.1) is 18.8 Å². The van der Waals surface area contributed by atoms with Gasteiger partial charge in [-0.2, -0.15) is 0 Å². The standard InChI is InChI=1S/C31H58N12O10/c32-7-1-4-15(33)10-20(46)37-8-2-5-16(34)11-21(47)38-9-3-6-17(35)12-22(48)40-25-26(49)27(53-30(36)51)19(14-44)52-29(25)43-31-41-23-18(45)13-39-28(50)24(23)42-31/h15-19,23-27,29,44-45,49H,1-14,32-35H2,(H2,36,51)(H,37,46)(H,38,47)(H,39,50)(H,40,48)(H2,41,42,43)/t15-,16-,17-,18+,19-,23+,24-,25-,26-,27-,29-/m0/s1. The number of carbonyl (C=O) groups is 5. The summed E-state index contributed by atoms with van der Waals surface area (Å²) in [7, 11) is 0. The van der Waals surface area contributed by atoms with E-state index >= 15 is 0 Å². The third-order valence-electron chi connectivity index (χ3n) is 9.11. The van der Waals surface area contributed by atoms with Crippen molar-refractivity contribution < 1.29 is 48.8 Å². The van der Waals surface area contributed by atoms with Crippen molar-refractivity contribution in [1.82, 2.24) is 31.9 Å². The second-order valence-electron chi connectivity index (χ2n) is 13.6. The molecule has 0 radical (unpaired) electrons. The van der Waals surface area contributed by atoms with Gasteiger partial charge in [-0.15, -0.1) is 0 Å². The Morgan fingerprint density at radius 1 is 0.925 bits per heavy atom. The molecule has 2 saturated heterocycles. The van der Waals surface area contributed by atoms with Crippen LogP contribution >= 0.6 is 0 Å². The number of nitrogens with zero attached hydrogens (tertiary/aromatic N) is 1. The summed E-state index contributed by atoms with van der Waals surface area (Å²) in [4.78, 5) is 65.5. The highest BCUT2D eigenvalue weighted by Gasteiger charge is 2.49. The van der Waals surface area contributed by atoms with Crippen LogP contribution in [0.15, 0.2) is 4.99 Å². The minimum absolute atomic E-state index is 0.0174. The third-order valence-corrected chi connectivity index (χ3v) is 9.11. The largest absolute Gasteiger partial charge is 0.441 e. The molecular formula is C31H58N12O10. The van der Waals surface area contributed by atoms with E-state index in [1.807, 2.05) is 0 Å². The van der Waals surface area contributed by atoms with Gasteiger partial charge in [0.1, 0.15) is 18.2 Å². The van der Waals surface area contributed by atoms with Gasteiger partial charge in [-0.05, 0) is 45.1 Å². The normalized spacial score (nSPS) is 28.2. The van der Waals surface area contributed by atoms with E-state index in [2.05, 4.69) is 36.9 Å². The maximum absolute atomic E-state index is 13.1. The first-order valence-electron chi connectivity index (χ1n) is 18.0. The van der Waals surface area contributed by atoms with Crippen LogP contribution in [0.3, 0.4) is 0 Å². The second-order valence-corrected chi connectivity index (χ2v) is 13.6. The quantitative estimate of drug-likeness (QED) is 0.0484. The molecule has 0 aromatic heterocycles. The number of rotatable bonds is 21. The average Bonchev–Trinajstić information content (AvgIpc) is 3.53. The van der Waals surface area contributed by atoms with Crippen molar-refractivity contribution in [2.45, 2.75) is 125 Å². The average molecular weight is 759 g/mol. The molecule has 0 aromatic rings. The van der Waals surface area contributed by atoms with E-state index in [9.17, 15) is 39.3 Å². The fourth-order valence-electron chi connectivity index (χ4n) is 6.31. The van der Waals surface area contributed by atoms with Crippen LogP contribution < -0.4 is 60.6 Å². The number of nitrogens with two attached hydrogens (primary N) is 5. The molecule has 5 amide bonds. The van der Waals surface area contributed by atoms with Crippen LogP contribution in [0, 0.1) is 0 Å². The first kappa shape index (κ1) is 43.5. The Balaban J connectivity index is 1.42. The molecule has 22 nitrogen and oxygen atoms in total. The number of β-amino-alcohol motifs (C(OH)–C–C–N with tert-alkyl or cyclic N) is 1. The number of guanidine groups is 1. The lowest BCUT2D eigenvalue weighted by atomic mass is 9.95. The summed E-state index contributed by atoms with van der Waals surface area (Å²) in [6, 6.07) is -4.24. The monoisotopic (exact) mass is 758 g/mol. The third kappa shape index (κ3) is 14.1. The number of hydrogen-bond donors (Lipinski definition) is 14. The summed E-state index contributed by atoms with van der Waals surface area (Å²) in [5, 5.41) is 47.9. The first-order chi connectivity index (χ1) is 25.2. The lowest BCUT2D eigenvalue weighted by molar-refractivity contribution is -0.198. The van der Waals surface area contributed by atoms with Crippen molar-refractivity contribution in [1.29, 1.82) is 0 Å². The van der Waals surface area contributed by atoms with E-state index in [0.717, 1.165) is 6.42 Å². The molecule has 2 fully saturated rings. The number of aliphatic imine (C=N–C) groups is 1. The number of primary amides is 1. The maximum Gasteiger partial charge on any atom is 0.404 e. The molecule has 19 N–H and O–H groups in total. The Bertz CT molecular complexity index is 1260. The summed E-state index contributed by atoms with van der Waals surface area (Å²) < 4.78 is 10.8. The highest BCUT2D eigenvalue weighted by molar-refractivity contribution is 5.92. The number of fused-ring (bicyclic) bond motifs is 1. The molecule has 0 aliphatic carbocycles. The Morgan fingerprint density at radius 2 is 1.49 bits per heavy atom. The summed E-state index contributed by atoms with van der Waals surface area (Å²) in [6.45, 7) is 0.570. The van der Waals surface area contributed by atoms with Gasteiger partial charge in [-0.3, -0.25) is 19.2 Å². The minimum Gasteiger partial charge on any atom is -0.441 e. The van der Waals surface area contributed by atoms with Gasteiger partial charge < -0.3 is 85.4 Å².